The molecule has 1 atom stereocenters. The van der Waals surface area contributed by atoms with Crippen molar-refractivity contribution in [2.75, 3.05) is 26.1 Å². The molecular weight excluding hydrogens is 433 g/mol. The molecule has 1 unspecified atom stereocenters. The fraction of sp³-hybridized carbons (Fsp3) is 0.333. The maximum atomic E-state index is 12.4. The summed E-state index contributed by atoms with van der Waals surface area (Å²) >= 11 is 11.8. The number of rotatable bonds is 10. The van der Waals surface area contributed by atoms with Crippen molar-refractivity contribution >= 4 is 40.8 Å². The molecule has 0 spiro atoms. The highest BCUT2D eigenvalue weighted by atomic mass is 35.5. The van der Waals surface area contributed by atoms with Crippen molar-refractivity contribution in [1.82, 2.24) is 0 Å². The van der Waals surface area contributed by atoms with E-state index in [1.807, 2.05) is 0 Å². The van der Waals surface area contributed by atoms with Crippen LogP contribution in [0.2, 0.25) is 10.0 Å². The van der Waals surface area contributed by atoms with Gasteiger partial charge in [0.1, 0.15) is 17.2 Å². The number of nitrogens with one attached hydrogen (secondary N) is 1. The van der Waals surface area contributed by atoms with Crippen LogP contribution >= 0.6 is 23.2 Å². The smallest absolute Gasteiger partial charge is 0.306 e. The fourth-order valence-electron chi connectivity index (χ4n) is 2.45. The van der Waals surface area contributed by atoms with Crippen molar-refractivity contribution in [3.05, 3.63) is 46.4 Å². The third-order valence-corrected chi connectivity index (χ3v) is 4.55. The van der Waals surface area contributed by atoms with Crippen molar-refractivity contribution in [2.24, 2.45) is 0 Å². The standard InChI is InChI=1S/C21H23Cl2NO6/c1-13(21(26)24-17-12-15(27-2)7-9-19(17)28-3)30-20(25)5-4-10-29-18-8-6-14(22)11-16(18)23/h6-9,11-13H,4-5,10H2,1-3H3,(H,24,26). The van der Waals surface area contributed by atoms with Gasteiger partial charge in [0.2, 0.25) is 0 Å². The van der Waals surface area contributed by atoms with Crippen LogP contribution < -0.4 is 19.5 Å². The number of methoxy groups -OCH3 is 2. The first-order chi connectivity index (χ1) is 14.3. The summed E-state index contributed by atoms with van der Waals surface area (Å²) in [6.45, 7) is 1.75. The van der Waals surface area contributed by atoms with E-state index in [4.69, 9.17) is 42.1 Å². The first kappa shape index (κ1) is 23.6. The zero-order valence-corrected chi connectivity index (χ0v) is 18.4. The number of ether oxygens (including phenoxy) is 4. The SMILES string of the molecule is COc1ccc(OC)c(NC(=O)C(C)OC(=O)CCCOc2ccc(Cl)cc2Cl)c1. The average molecular weight is 456 g/mol. The van der Waals surface area contributed by atoms with Crippen molar-refractivity contribution in [1.29, 1.82) is 0 Å². The predicted molar refractivity (Wildman–Crippen MR) is 115 cm³/mol. The van der Waals surface area contributed by atoms with Crippen molar-refractivity contribution in [3.8, 4) is 17.2 Å². The van der Waals surface area contributed by atoms with Gasteiger partial charge in [-0.3, -0.25) is 9.59 Å². The van der Waals surface area contributed by atoms with E-state index in [-0.39, 0.29) is 13.0 Å². The highest BCUT2D eigenvalue weighted by molar-refractivity contribution is 6.35. The molecule has 0 bridgehead atoms. The van der Waals surface area contributed by atoms with E-state index in [9.17, 15) is 9.59 Å². The molecule has 1 amide bonds. The summed E-state index contributed by atoms with van der Waals surface area (Å²) in [6.07, 6.45) is -0.499. The van der Waals surface area contributed by atoms with Crippen LogP contribution in [0.3, 0.4) is 0 Å². The number of hydrogen-bond donors (Lipinski definition) is 1. The quantitative estimate of drug-likeness (QED) is 0.411. The Morgan fingerprint density at radius 2 is 1.77 bits per heavy atom. The fourth-order valence-corrected chi connectivity index (χ4v) is 2.91. The largest absolute Gasteiger partial charge is 0.497 e. The summed E-state index contributed by atoms with van der Waals surface area (Å²) in [6, 6.07) is 9.88. The lowest BCUT2D eigenvalue weighted by atomic mass is 10.2. The normalized spacial score (nSPS) is 11.4. The van der Waals surface area contributed by atoms with Crippen LogP contribution in [0.1, 0.15) is 19.8 Å². The van der Waals surface area contributed by atoms with Gasteiger partial charge in [0.05, 0.1) is 31.5 Å². The Labute approximate surface area is 185 Å². The Bertz CT molecular complexity index is 890. The van der Waals surface area contributed by atoms with Gasteiger partial charge in [0, 0.05) is 17.5 Å². The molecule has 162 valence electrons. The van der Waals surface area contributed by atoms with E-state index in [1.54, 1.807) is 36.4 Å². The number of esters is 1. The van der Waals surface area contributed by atoms with Crippen LogP contribution in [0, 0.1) is 0 Å². The van der Waals surface area contributed by atoms with Gasteiger partial charge in [-0.2, -0.15) is 0 Å². The van der Waals surface area contributed by atoms with Gasteiger partial charge in [-0.1, -0.05) is 23.2 Å². The first-order valence-electron chi connectivity index (χ1n) is 9.14. The lowest BCUT2D eigenvalue weighted by molar-refractivity contribution is -0.153. The highest BCUT2D eigenvalue weighted by Gasteiger charge is 2.19. The van der Waals surface area contributed by atoms with Crippen LogP contribution in [-0.4, -0.2) is 38.8 Å². The number of benzene rings is 2. The van der Waals surface area contributed by atoms with Crippen LogP contribution in [0.4, 0.5) is 5.69 Å². The molecular formula is C21H23Cl2NO6. The highest BCUT2D eigenvalue weighted by Crippen LogP contribution is 2.29. The Morgan fingerprint density at radius 1 is 1.03 bits per heavy atom. The monoisotopic (exact) mass is 455 g/mol. The van der Waals surface area contributed by atoms with Crippen molar-refractivity contribution in [3.63, 3.8) is 0 Å². The van der Waals surface area contributed by atoms with Crippen LogP contribution in [0.15, 0.2) is 36.4 Å². The summed E-state index contributed by atoms with van der Waals surface area (Å²) in [4.78, 5) is 24.4. The number of carbonyl (C=O) groups excluding carboxylic acids is 2. The second-order valence-electron chi connectivity index (χ2n) is 6.21. The maximum Gasteiger partial charge on any atom is 0.306 e. The number of halogens is 2. The van der Waals surface area contributed by atoms with E-state index >= 15 is 0 Å². The number of amides is 1. The second-order valence-corrected chi connectivity index (χ2v) is 7.06. The maximum absolute atomic E-state index is 12.4. The van der Waals surface area contributed by atoms with E-state index in [0.29, 0.717) is 39.4 Å². The summed E-state index contributed by atoms with van der Waals surface area (Å²) in [5, 5.41) is 3.57. The summed E-state index contributed by atoms with van der Waals surface area (Å²) < 4.78 is 21.1. The first-order valence-corrected chi connectivity index (χ1v) is 9.90. The molecule has 0 aromatic heterocycles. The minimum Gasteiger partial charge on any atom is -0.497 e. The summed E-state index contributed by atoms with van der Waals surface area (Å²) in [5.74, 6) is 0.492. The second kappa shape index (κ2) is 11.5. The summed E-state index contributed by atoms with van der Waals surface area (Å²) in [5.41, 5.74) is 0.415. The Balaban J connectivity index is 1.79. The molecule has 0 aliphatic heterocycles. The van der Waals surface area contributed by atoms with Gasteiger partial charge >= 0.3 is 5.97 Å². The third kappa shape index (κ3) is 7.00. The van der Waals surface area contributed by atoms with Crippen LogP contribution in [-0.2, 0) is 14.3 Å². The average Bonchev–Trinajstić information content (AvgIpc) is 2.72. The molecule has 0 saturated carbocycles. The van der Waals surface area contributed by atoms with Gasteiger partial charge in [-0.15, -0.1) is 0 Å². The van der Waals surface area contributed by atoms with Crippen molar-refractivity contribution < 1.29 is 28.5 Å². The zero-order valence-electron chi connectivity index (χ0n) is 16.9. The molecule has 0 saturated heterocycles. The van der Waals surface area contributed by atoms with E-state index in [1.165, 1.54) is 21.1 Å². The Hall–Kier alpha value is -2.64. The molecule has 1 N–H and O–H groups in total. The van der Waals surface area contributed by atoms with E-state index in [0.717, 1.165) is 0 Å². The van der Waals surface area contributed by atoms with Gasteiger partial charge in [0.25, 0.3) is 5.91 Å². The molecule has 0 aliphatic rings. The molecule has 9 heteroatoms. The molecule has 0 radical (unpaired) electrons. The minimum absolute atomic E-state index is 0.0886. The molecule has 0 aliphatic carbocycles. The number of hydrogen-bond acceptors (Lipinski definition) is 6. The van der Waals surface area contributed by atoms with Crippen molar-refractivity contribution in [2.45, 2.75) is 25.9 Å². The molecule has 0 fully saturated rings. The van der Waals surface area contributed by atoms with Gasteiger partial charge < -0.3 is 24.3 Å². The molecule has 2 aromatic carbocycles. The molecule has 0 heterocycles. The lowest BCUT2D eigenvalue weighted by Crippen LogP contribution is -2.30. The Kier molecular flexibility index (Phi) is 9.08. The van der Waals surface area contributed by atoms with Crippen LogP contribution in [0.5, 0.6) is 17.2 Å². The lowest BCUT2D eigenvalue weighted by Gasteiger charge is -2.16. The van der Waals surface area contributed by atoms with Gasteiger partial charge in [-0.05, 0) is 43.7 Å². The van der Waals surface area contributed by atoms with Gasteiger partial charge in [-0.25, -0.2) is 0 Å². The predicted octanol–water partition coefficient (Wildman–Crippen LogP) is 4.74. The molecule has 7 nitrogen and oxygen atoms in total. The molecule has 30 heavy (non-hydrogen) atoms. The Morgan fingerprint density at radius 3 is 2.43 bits per heavy atom. The topological polar surface area (TPSA) is 83.1 Å². The molecule has 2 aromatic rings. The zero-order chi connectivity index (χ0) is 22.1. The van der Waals surface area contributed by atoms with Crippen LogP contribution in [0.25, 0.3) is 0 Å². The number of anilines is 1. The van der Waals surface area contributed by atoms with Gasteiger partial charge in [0.15, 0.2) is 6.10 Å². The number of carbonyl (C=O) groups is 2. The third-order valence-electron chi connectivity index (χ3n) is 4.02. The van der Waals surface area contributed by atoms with E-state index in [2.05, 4.69) is 5.32 Å². The minimum atomic E-state index is -0.986. The summed E-state index contributed by atoms with van der Waals surface area (Å²) in [7, 11) is 3.00. The molecule has 2 rings (SSSR count). The van der Waals surface area contributed by atoms with E-state index < -0.39 is 18.0 Å².